The van der Waals surface area contributed by atoms with Gasteiger partial charge in [-0.25, -0.2) is 4.90 Å². The monoisotopic (exact) mass is 635 g/mol. The van der Waals surface area contributed by atoms with E-state index in [1.807, 2.05) is 19.1 Å². The Morgan fingerprint density at radius 1 is 0.975 bits per heavy atom. The summed E-state index contributed by atoms with van der Waals surface area (Å²) in [5, 5.41) is 13.2. The van der Waals surface area contributed by atoms with E-state index in [9.17, 15) is 24.3 Å². The fourth-order valence-electron chi connectivity index (χ4n) is 5.17. The van der Waals surface area contributed by atoms with Crippen LogP contribution in [-0.4, -0.2) is 32.6 Å². The van der Waals surface area contributed by atoms with E-state index >= 15 is 0 Å². The minimum Gasteiger partial charge on any atom is -0.508 e. The highest BCUT2D eigenvalue weighted by Gasteiger charge is 2.57. The smallest absolute Gasteiger partial charge is 0.308 e. The first-order chi connectivity index (χ1) is 19.2. The van der Waals surface area contributed by atoms with Crippen LogP contribution in [0.2, 0.25) is 0 Å². The van der Waals surface area contributed by atoms with Gasteiger partial charge in [-0.2, -0.15) is 0 Å². The number of rotatable bonds is 5. The van der Waals surface area contributed by atoms with Gasteiger partial charge in [0.25, 0.3) is 0 Å². The number of thioether (sulfide) groups is 1. The minimum atomic E-state index is -0.839. The van der Waals surface area contributed by atoms with Crippen molar-refractivity contribution in [2.75, 3.05) is 10.2 Å². The van der Waals surface area contributed by atoms with Crippen molar-refractivity contribution < 1.29 is 19.5 Å². The lowest BCUT2D eigenvalue weighted by molar-refractivity contribution is -0.122. The van der Waals surface area contributed by atoms with E-state index in [4.69, 9.17) is 0 Å². The summed E-state index contributed by atoms with van der Waals surface area (Å²) in [7, 11) is 0. The van der Waals surface area contributed by atoms with Crippen LogP contribution >= 0.6 is 39.0 Å². The molecule has 1 aromatic heterocycles. The molecule has 0 radical (unpaired) electrons. The number of para-hydroxylation sites is 1. The van der Waals surface area contributed by atoms with E-state index in [1.54, 1.807) is 54.6 Å². The van der Waals surface area contributed by atoms with Crippen molar-refractivity contribution in [2.24, 2.45) is 5.92 Å². The summed E-state index contributed by atoms with van der Waals surface area (Å²) in [4.78, 5) is 55.2. The van der Waals surface area contributed by atoms with Gasteiger partial charge in [0.05, 0.1) is 16.6 Å². The fraction of sp³-hybridized carbons (Fsp3) is 0.172. The molecule has 0 aliphatic carbocycles. The first-order valence-electron chi connectivity index (χ1n) is 12.4. The number of hydrogen-bond acceptors (Lipinski definition) is 7. The third kappa shape index (κ3) is 4.57. The molecular weight excluding hydrogens is 614 g/mol. The number of amides is 3. The molecular formula is C29H22BrN3O5S2. The molecule has 1 fully saturated rings. The number of anilines is 2. The second kappa shape index (κ2) is 10.4. The predicted molar refractivity (Wildman–Crippen MR) is 158 cm³/mol. The number of aromatic nitrogens is 1. The van der Waals surface area contributed by atoms with E-state index in [0.717, 1.165) is 33.1 Å². The van der Waals surface area contributed by atoms with E-state index in [1.165, 1.54) is 15.5 Å². The molecule has 202 valence electrons. The lowest BCUT2D eigenvalue weighted by Gasteiger charge is -2.31. The molecule has 2 aliphatic heterocycles. The molecule has 2 N–H and O–H groups in total. The number of aromatic hydroxyl groups is 1. The van der Waals surface area contributed by atoms with Crippen LogP contribution in [0.15, 0.2) is 87.1 Å². The lowest BCUT2D eigenvalue weighted by Crippen LogP contribution is -2.33. The van der Waals surface area contributed by atoms with Crippen molar-refractivity contribution in [3.8, 4) is 5.75 Å². The van der Waals surface area contributed by atoms with Gasteiger partial charge in [-0.05, 0) is 49.4 Å². The van der Waals surface area contributed by atoms with Gasteiger partial charge in [0.1, 0.15) is 17.5 Å². The molecule has 4 aromatic rings. The molecule has 8 nitrogen and oxygen atoms in total. The van der Waals surface area contributed by atoms with Gasteiger partial charge in [0.15, 0.2) is 0 Å². The number of nitrogens with one attached hydrogen (secondary N) is 1. The Morgan fingerprint density at radius 3 is 2.38 bits per heavy atom. The van der Waals surface area contributed by atoms with Gasteiger partial charge in [0.2, 0.25) is 17.7 Å². The highest BCUT2D eigenvalue weighted by molar-refractivity contribution is 9.10. The Kier molecular flexibility index (Phi) is 6.89. The molecule has 40 heavy (non-hydrogen) atoms. The number of benzene rings is 3. The largest absolute Gasteiger partial charge is 0.508 e. The first kappa shape index (κ1) is 26.5. The van der Waals surface area contributed by atoms with Crippen LogP contribution in [0.4, 0.5) is 11.4 Å². The van der Waals surface area contributed by atoms with Crippen molar-refractivity contribution in [1.82, 2.24) is 4.57 Å². The zero-order valence-electron chi connectivity index (χ0n) is 21.0. The Labute approximate surface area is 245 Å². The summed E-state index contributed by atoms with van der Waals surface area (Å²) in [6.45, 7) is 1.69. The molecule has 3 aromatic carbocycles. The van der Waals surface area contributed by atoms with Gasteiger partial charge in [-0.1, -0.05) is 74.9 Å². The summed E-state index contributed by atoms with van der Waals surface area (Å²) in [6.07, 6.45) is 0. The molecule has 3 amide bonds. The van der Waals surface area contributed by atoms with E-state index < -0.39 is 34.8 Å². The highest BCUT2D eigenvalue weighted by Crippen LogP contribution is 2.55. The molecule has 11 heteroatoms. The van der Waals surface area contributed by atoms with E-state index in [-0.39, 0.29) is 17.2 Å². The Bertz CT molecular complexity index is 1710. The second-order valence-electron chi connectivity index (χ2n) is 9.63. The Hall–Kier alpha value is -3.67. The predicted octanol–water partition coefficient (Wildman–Crippen LogP) is 5.12. The van der Waals surface area contributed by atoms with E-state index in [0.29, 0.717) is 26.8 Å². The number of halogens is 1. The summed E-state index contributed by atoms with van der Waals surface area (Å²) >= 11 is 5.45. The zero-order chi connectivity index (χ0) is 28.1. The van der Waals surface area contributed by atoms with Crippen LogP contribution in [0.3, 0.4) is 0 Å². The van der Waals surface area contributed by atoms with Crippen molar-refractivity contribution >= 4 is 68.1 Å². The molecule has 1 saturated heterocycles. The van der Waals surface area contributed by atoms with Gasteiger partial charge in [0, 0.05) is 26.5 Å². The summed E-state index contributed by atoms with van der Waals surface area (Å²) < 4.78 is 2.17. The number of aryl methyl sites for hydroxylation is 1. The van der Waals surface area contributed by atoms with Crippen LogP contribution < -0.4 is 15.1 Å². The van der Waals surface area contributed by atoms with Crippen molar-refractivity contribution in [3.05, 3.63) is 103 Å². The maximum Gasteiger partial charge on any atom is 0.308 e. The normalized spacial score (nSPS) is 19.9. The van der Waals surface area contributed by atoms with Crippen molar-refractivity contribution in [2.45, 2.75) is 29.7 Å². The van der Waals surface area contributed by atoms with Crippen LogP contribution in [0.5, 0.6) is 5.75 Å². The number of nitrogens with zero attached hydrogens (tertiary/aromatic N) is 2. The average Bonchev–Trinajstić information content (AvgIpc) is 3.37. The quantitative estimate of drug-likeness (QED) is 0.295. The number of carbonyl (C=O) groups is 3. The van der Waals surface area contributed by atoms with Crippen LogP contribution in [-0.2, 0) is 20.9 Å². The SMILES string of the molecule is Cc1ccc(NC(=O)Cn2c3c(sc2=O)[C@@H](c2ccccc2O)C2C(=O)N(c4ccc(Br)cc4)C(=O)C2S3)cc1. The van der Waals surface area contributed by atoms with Gasteiger partial charge in [-0.3, -0.25) is 23.7 Å². The fourth-order valence-corrected chi connectivity index (χ4v) is 8.20. The second-order valence-corrected chi connectivity index (χ2v) is 12.7. The Balaban J connectivity index is 1.41. The summed E-state index contributed by atoms with van der Waals surface area (Å²) in [5.41, 5.74) is 2.56. The van der Waals surface area contributed by atoms with Gasteiger partial charge < -0.3 is 10.4 Å². The molecule has 3 heterocycles. The third-order valence-corrected chi connectivity index (χ3v) is 10.2. The number of phenolic OH excluding ortho intramolecular Hbond substituents is 1. The maximum atomic E-state index is 13.9. The van der Waals surface area contributed by atoms with Gasteiger partial charge >= 0.3 is 4.87 Å². The molecule has 0 saturated carbocycles. The van der Waals surface area contributed by atoms with Crippen LogP contribution in [0.25, 0.3) is 0 Å². The van der Waals surface area contributed by atoms with Crippen LogP contribution in [0.1, 0.15) is 21.9 Å². The topological polar surface area (TPSA) is 109 Å². The maximum absolute atomic E-state index is 13.9. The third-order valence-electron chi connectivity index (χ3n) is 7.04. The summed E-state index contributed by atoms with van der Waals surface area (Å²) in [6, 6.07) is 20.9. The minimum absolute atomic E-state index is 0.0315. The molecule has 6 rings (SSSR count). The molecule has 2 aliphatic rings. The highest BCUT2D eigenvalue weighted by atomic mass is 79.9. The first-order valence-corrected chi connectivity index (χ1v) is 14.9. The summed E-state index contributed by atoms with van der Waals surface area (Å²) in [5.74, 6) is -2.79. The number of imide groups is 1. The van der Waals surface area contributed by atoms with Crippen LogP contribution in [0, 0.1) is 12.8 Å². The lowest BCUT2D eigenvalue weighted by atomic mass is 9.82. The molecule has 0 bridgehead atoms. The van der Waals surface area contributed by atoms with Crippen molar-refractivity contribution in [3.63, 3.8) is 0 Å². The number of fused-ring (bicyclic) bond motifs is 2. The van der Waals surface area contributed by atoms with E-state index in [2.05, 4.69) is 21.2 Å². The average molecular weight is 637 g/mol. The number of phenols is 1. The van der Waals surface area contributed by atoms with Crippen molar-refractivity contribution in [1.29, 1.82) is 0 Å². The Morgan fingerprint density at radius 2 is 1.68 bits per heavy atom. The molecule has 2 unspecified atom stereocenters. The molecule has 0 spiro atoms. The number of hydrogen-bond donors (Lipinski definition) is 2. The zero-order valence-corrected chi connectivity index (χ0v) is 24.3. The molecule has 3 atom stereocenters. The number of carbonyl (C=O) groups excluding carboxylic acids is 3. The number of thiazole rings is 1. The van der Waals surface area contributed by atoms with Gasteiger partial charge in [-0.15, -0.1) is 0 Å². The standard InChI is InChI=1S/C29H22BrN3O5S2/c1-15-6-10-17(11-7-15)31-21(35)14-32-28-25(40-29(32)38)22(19-4-2-3-5-20(19)34)23-24(39-28)27(37)33(26(23)36)18-12-8-16(30)9-13-18/h2-13,22-24,34H,14H2,1H3,(H,31,35)/t22-,23?,24?/m0/s1.